The van der Waals surface area contributed by atoms with Crippen molar-refractivity contribution in [3.05, 3.63) is 23.4 Å². The van der Waals surface area contributed by atoms with Crippen LogP contribution in [0.4, 0.5) is 0 Å². The van der Waals surface area contributed by atoms with E-state index >= 15 is 0 Å². The van der Waals surface area contributed by atoms with E-state index in [0.717, 1.165) is 5.56 Å². The Labute approximate surface area is 76.8 Å². The molecule has 0 aliphatic rings. The van der Waals surface area contributed by atoms with Crippen molar-refractivity contribution < 1.29 is 14.9 Å². The summed E-state index contributed by atoms with van der Waals surface area (Å²) in [6, 6.07) is 3.43. The molecule has 0 fully saturated rings. The fourth-order valence-electron chi connectivity index (χ4n) is 1.09. The monoisotopic (exact) mass is 183 g/mol. The smallest absolute Gasteiger partial charge is 0.213 e. The molecule has 0 saturated carbocycles. The zero-order valence-corrected chi connectivity index (χ0v) is 7.53. The summed E-state index contributed by atoms with van der Waals surface area (Å²) in [4.78, 5) is 4.11. The maximum absolute atomic E-state index is 8.95. The van der Waals surface area contributed by atoms with Gasteiger partial charge < -0.3 is 14.9 Å². The summed E-state index contributed by atoms with van der Waals surface area (Å²) in [6.07, 6.45) is 0.438. The minimum atomic E-state index is -0.0632. The van der Waals surface area contributed by atoms with Gasteiger partial charge >= 0.3 is 0 Å². The third-order valence-corrected chi connectivity index (χ3v) is 1.77. The molecule has 0 radical (unpaired) electrons. The maximum Gasteiger partial charge on any atom is 0.213 e. The van der Waals surface area contributed by atoms with Crippen molar-refractivity contribution >= 4 is 0 Å². The summed E-state index contributed by atoms with van der Waals surface area (Å²) in [6.45, 7) is -0.0422. The van der Waals surface area contributed by atoms with E-state index in [1.807, 2.05) is 0 Å². The highest BCUT2D eigenvalue weighted by Crippen LogP contribution is 2.13. The molecule has 1 rings (SSSR count). The number of pyridine rings is 1. The summed E-state index contributed by atoms with van der Waals surface area (Å²) >= 11 is 0. The van der Waals surface area contributed by atoms with Crippen LogP contribution in [0.15, 0.2) is 12.1 Å². The van der Waals surface area contributed by atoms with E-state index in [1.54, 1.807) is 12.1 Å². The van der Waals surface area contributed by atoms with E-state index in [4.69, 9.17) is 14.9 Å². The van der Waals surface area contributed by atoms with E-state index in [-0.39, 0.29) is 13.2 Å². The number of hydrogen-bond donors (Lipinski definition) is 2. The lowest BCUT2D eigenvalue weighted by Gasteiger charge is -2.06. The number of aliphatic hydroxyl groups is 2. The topological polar surface area (TPSA) is 62.6 Å². The van der Waals surface area contributed by atoms with Crippen LogP contribution in [0.1, 0.15) is 11.3 Å². The van der Waals surface area contributed by atoms with Gasteiger partial charge in [0.1, 0.15) is 0 Å². The molecule has 0 amide bonds. The number of nitrogens with zero attached hydrogens (tertiary/aromatic N) is 1. The molecule has 72 valence electrons. The number of ether oxygens (including phenoxy) is 1. The van der Waals surface area contributed by atoms with Crippen LogP contribution in [-0.2, 0) is 13.0 Å². The summed E-state index contributed by atoms with van der Waals surface area (Å²) in [5, 5.41) is 17.7. The van der Waals surface area contributed by atoms with Gasteiger partial charge in [0.05, 0.1) is 19.4 Å². The third-order valence-electron chi connectivity index (χ3n) is 1.77. The zero-order valence-electron chi connectivity index (χ0n) is 7.53. The van der Waals surface area contributed by atoms with E-state index in [1.165, 1.54) is 7.11 Å². The second-order valence-electron chi connectivity index (χ2n) is 2.59. The van der Waals surface area contributed by atoms with Crippen molar-refractivity contribution in [1.29, 1.82) is 0 Å². The third kappa shape index (κ3) is 2.40. The largest absolute Gasteiger partial charge is 0.481 e. The normalized spacial score (nSPS) is 10.1. The lowest BCUT2D eigenvalue weighted by molar-refractivity contribution is 0.273. The van der Waals surface area contributed by atoms with E-state index < -0.39 is 0 Å². The van der Waals surface area contributed by atoms with Crippen LogP contribution in [0.5, 0.6) is 5.88 Å². The number of aromatic nitrogens is 1. The van der Waals surface area contributed by atoms with E-state index in [0.29, 0.717) is 18.0 Å². The number of hydrogen-bond acceptors (Lipinski definition) is 4. The zero-order chi connectivity index (χ0) is 9.68. The Hall–Kier alpha value is -1.13. The summed E-state index contributed by atoms with van der Waals surface area (Å²) in [5.41, 5.74) is 1.42. The Kier molecular flexibility index (Phi) is 3.67. The van der Waals surface area contributed by atoms with Crippen molar-refractivity contribution in [2.45, 2.75) is 13.0 Å². The van der Waals surface area contributed by atoms with E-state index in [9.17, 15) is 0 Å². The molecule has 0 aliphatic heterocycles. The summed E-state index contributed by atoms with van der Waals surface area (Å²) < 4.78 is 4.93. The lowest BCUT2D eigenvalue weighted by atomic mass is 10.1. The van der Waals surface area contributed by atoms with Crippen molar-refractivity contribution in [3.8, 4) is 5.88 Å². The lowest BCUT2D eigenvalue weighted by Crippen LogP contribution is -2.02. The first-order valence-corrected chi connectivity index (χ1v) is 4.06. The van der Waals surface area contributed by atoms with Crippen LogP contribution in [-0.4, -0.2) is 28.9 Å². The van der Waals surface area contributed by atoms with Crippen LogP contribution < -0.4 is 4.74 Å². The van der Waals surface area contributed by atoms with Crippen molar-refractivity contribution in [2.75, 3.05) is 13.7 Å². The van der Waals surface area contributed by atoms with Gasteiger partial charge in [-0.3, -0.25) is 0 Å². The number of methoxy groups -OCH3 is 1. The van der Waals surface area contributed by atoms with Crippen LogP contribution in [0.25, 0.3) is 0 Å². The summed E-state index contributed by atoms with van der Waals surface area (Å²) in [5.74, 6) is 0.501. The average Bonchev–Trinajstić information content (AvgIpc) is 2.18. The van der Waals surface area contributed by atoms with Gasteiger partial charge in [0.2, 0.25) is 5.88 Å². The molecule has 1 heterocycles. The highest BCUT2D eigenvalue weighted by molar-refractivity contribution is 5.25. The second-order valence-corrected chi connectivity index (χ2v) is 2.59. The van der Waals surface area contributed by atoms with Crippen molar-refractivity contribution in [2.24, 2.45) is 0 Å². The molecule has 1 aromatic heterocycles. The van der Waals surface area contributed by atoms with Gasteiger partial charge in [-0.15, -0.1) is 0 Å². The molecule has 0 saturated heterocycles. The van der Waals surface area contributed by atoms with Crippen LogP contribution in [0, 0.1) is 0 Å². The number of rotatable bonds is 4. The molecule has 13 heavy (non-hydrogen) atoms. The second kappa shape index (κ2) is 4.79. The molecular formula is C9H13NO3. The molecule has 0 aliphatic carbocycles. The van der Waals surface area contributed by atoms with Crippen LogP contribution >= 0.6 is 0 Å². The standard InChI is InChI=1S/C9H13NO3/c1-13-9-3-2-7(6-12)8(10-9)4-5-11/h2-3,11-12H,4-6H2,1H3. The van der Waals surface area contributed by atoms with Crippen molar-refractivity contribution in [3.63, 3.8) is 0 Å². The number of aliphatic hydroxyl groups excluding tert-OH is 2. The molecule has 0 spiro atoms. The molecule has 0 unspecified atom stereocenters. The van der Waals surface area contributed by atoms with Crippen LogP contribution in [0.3, 0.4) is 0 Å². The first kappa shape index (κ1) is 9.95. The first-order valence-electron chi connectivity index (χ1n) is 4.06. The molecule has 2 N–H and O–H groups in total. The summed E-state index contributed by atoms with van der Waals surface area (Å²) in [7, 11) is 1.53. The van der Waals surface area contributed by atoms with E-state index in [2.05, 4.69) is 4.98 Å². The average molecular weight is 183 g/mol. The molecular weight excluding hydrogens is 170 g/mol. The van der Waals surface area contributed by atoms with Gasteiger partial charge in [-0.1, -0.05) is 0 Å². The molecule has 0 bridgehead atoms. The van der Waals surface area contributed by atoms with Gasteiger partial charge in [-0.2, -0.15) is 0 Å². The van der Waals surface area contributed by atoms with Gasteiger partial charge in [0, 0.05) is 19.1 Å². The molecule has 0 aromatic carbocycles. The van der Waals surface area contributed by atoms with Gasteiger partial charge in [0.25, 0.3) is 0 Å². The van der Waals surface area contributed by atoms with Gasteiger partial charge in [-0.05, 0) is 11.6 Å². The minimum absolute atomic E-state index is 0.0210. The molecule has 1 aromatic rings. The Morgan fingerprint density at radius 1 is 1.38 bits per heavy atom. The minimum Gasteiger partial charge on any atom is -0.481 e. The van der Waals surface area contributed by atoms with Crippen LogP contribution in [0.2, 0.25) is 0 Å². The van der Waals surface area contributed by atoms with Gasteiger partial charge in [0.15, 0.2) is 0 Å². The Bertz CT molecular complexity index is 276. The fraction of sp³-hybridized carbons (Fsp3) is 0.444. The maximum atomic E-state index is 8.95. The molecule has 4 heteroatoms. The molecule has 4 nitrogen and oxygen atoms in total. The Balaban J connectivity index is 2.95. The Morgan fingerprint density at radius 3 is 2.69 bits per heavy atom. The first-order chi connectivity index (χ1) is 6.31. The Morgan fingerprint density at radius 2 is 2.15 bits per heavy atom. The van der Waals surface area contributed by atoms with Crippen molar-refractivity contribution in [1.82, 2.24) is 4.98 Å². The van der Waals surface area contributed by atoms with Gasteiger partial charge in [-0.25, -0.2) is 4.98 Å². The fourth-order valence-corrected chi connectivity index (χ4v) is 1.09. The quantitative estimate of drug-likeness (QED) is 0.695. The predicted octanol–water partition coefficient (Wildman–Crippen LogP) is 0.117. The molecule has 0 atom stereocenters. The predicted molar refractivity (Wildman–Crippen MR) is 47.5 cm³/mol. The SMILES string of the molecule is COc1ccc(CO)c(CCO)n1. The highest BCUT2D eigenvalue weighted by Gasteiger charge is 2.04. The highest BCUT2D eigenvalue weighted by atomic mass is 16.5.